The molecule has 0 aliphatic heterocycles. The minimum absolute atomic E-state index is 0.170. The minimum Gasteiger partial charge on any atom is -0.294 e. The van der Waals surface area contributed by atoms with Crippen molar-refractivity contribution in [2.75, 3.05) is 0 Å². The van der Waals surface area contributed by atoms with E-state index in [0.717, 1.165) is 12.1 Å². The minimum atomic E-state index is -0.900. The smallest absolute Gasteiger partial charge is 0.169 e. The molecule has 0 saturated carbocycles. The molecule has 0 saturated heterocycles. The number of ketones is 1. The molecular weight excluding hydrogens is 345 g/mol. The molecule has 0 spiro atoms. The number of halogens is 4. The molecule has 1 nitrogen and oxygen atoms in total. The number of hydrogen-bond acceptors (Lipinski definition) is 1. The van der Waals surface area contributed by atoms with Crippen LogP contribution < -0.4 is 0 Å². The van der Waals surface area contributed by atoms with Gasteiger partial charge in [0.2, 0.25) is 0 Å². The fourth-order valence-corrected chi connectivity index (χ4v) is 2.49. The molecule has 0 fully saturated rings. The molecule has 21 heavy (non-hydrogen) atoms. The van der Waals surface area contributed by atoms with Gasteiger partial charge in [0, 0.05) is 10.9 Å². The van der Waals surface area contributed by atoms with Crippen molar-refractivity contribution >= 4 is 21.7 Å². The molecule has 0 heterocycles. The highest BCUT2D eigenvalue weighted by Gasteiger charge is 2.21. The summed E-state index contributed by atoms with van der Waals surface area (Å²) in [6.45, 7) is 1.64. The lowest BCUT2D eigenvalue weighted by Crippen LogP contribution is -2.10. The Balaban J connectivity index is 2.23. The fraction of sp³-hybridized carbons (Fsp3) is 0.188. The van der Waals surface area contributed by atoms with Gasteiger partial charge in [-0.2, -0.15) is 0 Å². The second-order valence-corrected chi connectivity index (χ2v) is 5.71. The highest BCUT2D eigenvalue weighted by atomic mass is 79.9. The van der Waals surface area contributed by atoms with Crippen LogP contribution in [-0.2, 0) is 0 Å². The lowest BCUT2D eigenvalue weighted by molar-refractivity contribution is 0.0967. The van der Waals surface area contributed by atoms with Crippen LogP contribution in [0.5, 0.6) is 0 Å². The lowest BCUT2D eigenvalue weighted by atomic mass is 9.92. The summed E-state index contributed by atoms with van der Waals surface area (Å²) in [5.41, 5.74) is -0.231. The highest BCUT2D eigenvalue weighted by molar-refractivity contribution is 9.10. The summed E-state index contributed by atoms with van der Waals surface area (Å²) in [6, 6.07) is 7.75. The van der Waals surface area contributed by atoms with Crippen LogP contribution in [0.25, 0.3) is 0 Å². The second-order valence-electron chi connectivity index (χ2n) is 4.79. The molecule has 2 rings (SSSR count). The zero-order valence-corrected chi connectivity index (χ0v) is 12.8. The van der Waals surface area contributed by atoms with E-state index in [9.17, 15) is 18.0 Å². The van der Waals surface area contributed by atoms with Crippen molar-refractivity contribution < 1.29 is 18.0 Å². The van der Waals surface area contributed by atoms with Crippen molar-refractivity contribution in [2.24, 2.45) is 0 Å². The molecule has 1 unspecified atom stereocenters. The number of rotatable bonds is 4. The van der Waals surface area contributed by atoms with Gasteiger partial charge < -0.3 is 0 Å². The standard InChI is InChI=1S/C16H12BrF3O/c1-9(11-6-5-10(17)8-14(11)20)7-15(21)16-12(18)3-2-4-13(16)19/h2-6,8-9H,7H2,1H3. The summed E-state index contributed by atoms with van der Waals surface area (Å²) in [7, 11) is 0. The Morgan fingerprint density at radius 3 is 2.29 bits per heavy atom. The first-order chi connectivity index (χ1) is 9.90. The molecule has 0 amide bonds. The Labute approximate surface area is 128 Å². The van der Waals surface area contributed by atoms with E-state index in [1.807, 2.05) is 0 Å². The zero-order chi connectivity index (χ0) is 15.6. The van der Waals surface area contributed by atoms with Gasteiger partial charge >= 0.3 is 0 Å². The second kappa shape index (κ2) is 6.43. The van der Waals surface area contributed by atoms with Gasteiger partial charge in [-0.05, 0) is 35.7 Å². The molecule has 0 bridgehead atoms. The van der Waals surface area contributed by atoms with Gasteiger partial charge in [0.05, 0.1) is 5.56 Å². The fourth-order valence-electron chi connectivity index (χ4n) is 2.16. The Bertz CT molecular complexity index is 665. The summed E-state index contributed by atoms with van der Waals surface area (Å²) in [6.07, 6.45) is -0.170. The van der Waals surface area contributed by atoms with Crippen molar-refractivity contribution in [2.45, 2.75) is 19.3 Å². The molecule has 110 valence electrons. The Morgan fingerprint density at radius 2 is 1.71 bits per heavy atom. The van der Waals surface area contributed by atoms with Crippen LogP contribution in [0, 0.1) is 17.5 Å². The average Bonchev–Trinajstić information content (AvgIpc) is 2.37. The van der Waals surface area contributed by atoms with Crippen LogP contribution in [0.1, 0.15) is 35.2 Å². The molecule has 0 aliphatic carbocycles. The molecule has 0 N–H and O–H groups in total. The summed E-state index contributed by atoms with van der Waals surface area (Å²) < 4.78 is 41.5. The maximum atomic E-state index is 13.8. The maximum Gasteiger partial charge on any atom is 0.169 e. The van der Waals surface area contributed by atoms with E-state index in [-0.39, 0.29) is 6.42 Å². The van der Waals surface area contributed by atoms with Crippen LogP contribution in [0.2, 0.25) is 0 Å². The van der Waals surface area contributed by atoms with E-state index in [0.29, 0.717) is 10.0 Å². The third-order valence-electron chi connectivity index (χ3n) is 3.23. The number of hydrogen-bond donors (Lipinski definition) is 0. The number of carbonyl (C=O) groups excluding carboxylic acids is 1. The first-order valence-electron chi connectivity index (χ1n) is 6.32. The molecule has 2 aromatic rings. The summed E-state index contributed by atoms with van der Waals surface area (Å²) in [5.74, 6) is -3.42. The molecule has 0 aromatic heterocycles. The van der Waals surface area contributed by atoms with Gasteiger partial charge in [0.1, 0.15) is 17.5 Å². The maximum absolute atomic E-state index is 13.8. The zero-order valence-electron chi connectivity index (χ0n) is 11.2. The largest absolute Gasteiger partial charge is 0.294 e. The van der Waals surface area contributed by atoms with E-state index in [4.69, 9.17) is 0 Å². The van der Waals surface area contributed by atoms with Gasteiger partial charge in [-0.3, -0.25) is 4.79 Å². The topological polar surface area (TPSA) is 17.1 Å². The molecular formula is C16H12BrF3O. The molecule has 5 heteroatoms. The predicted molar refractivity (Wildman–Crippen MR) is 77.8 cm³/mol. The normalized spacial score (nSPS) is 12.2. The van der Waals surface area contributed by atoms with Gasteiger partial charge in [-0.25, -0.2) is 13.2 Å². The van der Waals surface area contributed by atoms with Crippen LogP contribution in [0.15, 0.2) is 40.9 Å². The third-order valence-corrected chi connectivity index (χ3v) is 3.72. The van der Waals surface area contributed by atoms with E-state index < -0.39 is 34.7 Å². The van der Waals surface area contributed by atoms with E-state index in [1.54, 1.807) is 19.1 Å². The Morgan fingerprint density at radius 1 is 1.10 bits per heavy atom. The van der Waals surface area contributed by atoms with Crippen LogP contribution >= 0.6 is 15.9 Å². The van der Waals surface area contributed by atoms with Crippen molar-refractivity contribution in [1.82, 2.24) is 0 Å². The van der Waals surface area contributed by atoms with Crippen molar-refractivity contribution in [1.29, 1.82) is 0 Å². The van der Waals surface area contributed by atoms with Crippen LogP contribution in [-0.4, -0.2) is 5.78 Å². The van der Waals surface area contributed by atoms with Crippen molar-refractivity contribution in [3.8, 4) is 0 Å². The quantitative estimate of drug-likeness (QED) is 0.684. The van der Waals surface area contributed by atoms with Gasteiger partial charge in [-0.15, -0.1) is 0 Å². The van der Waals surface area contributed by atoms with E-state index >= 15 is 0 Å². The summed E-state index contributed by atoms with van der Waals surface area (Å²) >= 11 is 3.15. The highest BCUT2D eigenvalue weighted by Crippen LogP contribution is 2.27. The Hall–Kier alpha value is -1.62. The molecule has 0 radical (unpaired) electrons. The third kappa shape index (κ3) is 3.53. The molecule has 2 aromatic carbocycles. The number of benzene rings is 2. The monoisotopic (exact) mass is 356 g/mol. The van der Waals surface area contributed by atoms with Crippen LogP contribution in [0.4, 0.5) is 13.2 Å². The van der Waals surface area contributed by atoms with E-state index in [2.05, 4.69) is 15.9 Å². The lowest BCUT2D eigenvalue weighted by Gasteiger charge is -2.13. The van der Waals surface area contributed by atoms with Gasteiger partial charge in [-0.1, -0.05) is 35.0 Å². The van der Waals surface area contributed by atoms with Crippen molar-refractivity contribution in [3.63, 3.8) is 0 Å². The molecule has 1 atom stereocenters. The summed E-state index contributed by atoms with van der Waals surface area (Å²) in [5, 5.41) is 0. The predicted octanol–water partition coefficient (Wildman–Crippen LogP) is 5.24. The van der Waals surface area contributed by atoms with Crippen LogP contribution in [0.3, 0.4) is 0 Å². The van der Waals surface area contributed by atoms with Gasteiger partial charge in [0.15, 0.2) is 5.78 Å². The number of Topliss-reactive ketones (excluding diaryl/α,β-unsaturated/α-hetero) is 1. The van der Waals surface area contributed by atoms with Gasteiger partial charge in [0.25, 0.3) is 0 Å². The first kappa shape index (κ1) is 15.8. The summed E-state index contributed by atoms with van der Waals surface area (Å²) in [4.78, 5) is 12.0. The number of carbonyl (C=O) groups is 1. The Kier molecular flexibility index (Phi) is 4.83. The average molecular weight is 357 g/mol. The van der Waals surface area contributed by atoms with Crippen molar-refractivity contribution in [3.05, 3.63) is 69.4 Å². The molecule has 0 aliphatic rings. The first-order valence-corrected chi connectivity index (χ1v) is 7.11. The van der Waals surface area contributed by atoms with E-state index in [1.165, 1.54) is 12.1 Å². The SMILES string of the molecule is CC(CC(=O)c1c(F)cccc1F)c1ccc(Br)cc1F.